The van der Waals surface area contributed by atoms with E-state index in [-0.39, 0.29) is 18.6 Å². The van der Waals surface area contributed by atoms with Gasteiger partial charge in [0.25, 0.3) is 0 Å². The zero-order chi connectivity index (χ0) is 28.4. The third-order valence-electron chi connectivity index (χ3n) is 8.46. The molecular weight excluding hydrogens is 484 g/mol. The van der Waals surface area contributed by atoms with E-state index < -0.39 is 90.2 Å². The molecule has 2 aliphatic heterocycles. The fraction of sp³-hybridized carbons (Fsp3) is 0.926. The van der Waals surface area contributed by atoms with Gasteiger partial charge in [-0.1, -0.05) is 34.6 Å². The topological polar surface area (TPSA) is 163 Å². The molecule has 2 rings (SSSR count). The standard InChI is InChI=1S/C27H48O10/c1-9-19-13(3)22(30)14(4)21(29)12(2)11-27(8,34)25(32)15(5)24(16(6)26(33)36-19)37-20-10-18(28)23(31)17(7)35-20/h12-20,22-25,28,30-32,34H,9-11H2,1-8H3/t12-,13+,14+,15+,16-,17-,18-,19+,20-,22+,23-,24+,25-,27-/m1/s1. The number of hydrogen-bond donors (Lipinski definition) is 5. The van der Waals surface area contributed by atoms with Crippen LogP contribution in [-0.4, -0.2) is 91.9 Å². The predicted molar refractivity (Wildman–Crippen MR) is 134 cm³/mol. The van der Waals surface area contributed by atoms with Gasteiger partial charge in [-0.3, -0.25) is 9.59 Å². The van der Waals surface area contributed by atoms with Gasteiger partial charge in [-0.2, -0.15) is 0 Å². The molecule has 2 saturated heterocycles. The Bertz CT molecular complexity index is 760. The molecule has 216 valence electrons. The van der Waals surface area contributed by atoms with Crippen LogP contribution in [0.3, 0.4) is 0 Å². The molecule has 10 nitrogen and oxygen atoms in total. The summed E-state index contributed by atoms with van der Waals surface area (Å²) >= 11 is 0. The molecule has 0 spiro atoms. The first-order chi connectivity index (χ1) is 17.0. The predicted octanol–water partition coefficient (Wildman–Crippen LogP) is 1.18. The Morgan fingerprint density at radius 3 is 2.08 bits per heavy atom. The number of aliphatic hydroxyl groups is 5. The summed E-state index contributed by atoms with van der Waals surface area (Å²) in [6.07, 6.45) is -7.72. The van der Waals surface area contributed by atoms with Crippen molar-refractivity contribution in [3.05, 3.63) is 0 Å². The monoisotopic (exact) mass is 532 g/mol. The second-order valence-electron chi connectivity index (χ2n) is 11.6. The van der Waals surface area contributed by atoms with Gasteiger partial charge in [0, 0.05) is 30.1 Å². The van der Waals surface area contributed by atoms with Crippen LogP contribution in [0.4, 0.5) is 0 Å². The lowest BCUT2D eigenvalue weighted by Gasteiger charge is -2.43. The fourth-order valence-electron chi connectivity index (χ4n) is 5.82. The summed E-state index contributed by atoms with van der Waals surface area (Å²) in [5.41, 5.74) is -1.72. The molecule has 0 aromatic heterocycles. The molecule has 0 saturated carbocycles. The molecule has 37 heavy (non-hydrogen) atoms. The van der Waals surface area contributed by atoms with Gasteiger partial charge in [0.05, 0.1) is 42.0 Å². The minimum atomic E-state index is -1.72. The van der Waals surface area contributed by atoms with Gasteiger partial charge in [0.1, 0.15) is 18.0 Å². The van der Waals surface area contributed by atoms with Crippen LogP contribution in [0.15, 0.2) is 0 Å². The van der Waals surface area contributed by atoms with Crippen LogP contribution in [0.2, 0.25) is 0 Å². The molecule has 2 aliphatic rings. The van der Waals surface area contributed by atoms with E-state index in [1.54, 1.807) is 41.5 Å². The molecule has 2 heterocycles. The van der Waals surface area contributed by atoms with Crippen LogP contribution in [0, 0.1) is 29.6 Å². The van der Waals surface area contributed by atoms with E-state index in [1.807, 2.05) is 6.92 Å². The fourth-order valence-corrected chi connectivity index (χ4v) is 5.82. The average Bonchev–Trinajstić information content (AvgIpc) is 2.84. The van der Waals surface area contributed by atoms with E-state index >= 15 is 0 Å². The van der Waals surface area contributed by atoms with Crippen molar-refractivity contribution in [2.45, 2.75) is 129 Å². The number of cyclic esters (lactones) is 1. The zero-order valence-electron chi connectivity index (χ0n) is 23.4. The van der Waals surface area contributed by atoms with Crippen LogP contribution < -0.4 is 0 Å². The van der Waals surface area contributed by atoms with E-state index in [4.69, 9.17) is 14.2 Å². The highest BCUT2D eigenvalue weighted by Crippen LogP contribution is 2.35. The molecule has 0 aromatic carbocycles. The maximum absolute atomic E-state index is 13.3. The lowest BCUT2D eigenvalue weighted by molar-refractivity contribution is -0.276. The van der Waals surface area contributed by atoms with Gasteiger partial charge in [-0.15, -0.1) is 0 Å². The average molecular weight is 533 g/mol. The highest BCUT2D eigenvalue weighted by atomic mass is 16.7. The van der Waals surface area contributed by atoms with Crippen molar-refractivity contribution < 1.29 is 49.3 Å². The van der Waals surface area contributed by atoms with Crippen LogP contribution in [0.1, 0.15) is 74.7 Å². The van der Waals surface area contributed by atoms with E-state index in [2.05, 4.69) is 0 Å². The number of carbonyl (C=O) groups is 2. The molecule has 0 unspecified atom stereocenters. The maximum atomic E-state index is 13.3. The summed E-state index contributed by atoms with van der Waals surface area (Å²) in [5, 5.41) is 53.7. The van der Waals surface area contributed by atoms with Gasteiger partial charge >= 0.3 is 5.97 Å². The number of ether oxygens (including phenoxy) is 3. The number of hydrogen-bond acceptors (Lipinski definition) is 10. The van der Waals surface area contributed by atoms with E-state index in [1.165, 1.54) is 6.92 Å². The van der Waals surface area contributed by atoms with Crippen LogP contribution >= 0.6 is 0 Å². The van der Waals surface area contributed by atoms with Gasteiger partial charge < -0.3 is 39.7 Å². The van der Waals surface area contributed by atoms with Crippen LogP contribution in [-0.2, 0) is 23.8 Å². The normalized spacial score (nSPS) is 49.3. The highest BCUT2D eigenvalue weighted by molar-refractivity contribution is 5.83. The third kappa shape index (κ3) is 7.29. The van der Waals surface area contributed by atoms with Crippen molar-refractivity contribution in [2.24, 2.45) is 29.6 Å². The highest BCUT2D eigenvalue weighted by Gasteiger charge is 2.47. The number of rotatable bonds is 3. The summed E-state index contributed by atoms with van der Waals surface area (Å²) < 4.78 is 17.7. The minimum Gasteiger partial charge on any atom is -0.462 e. The summed E-state index contributed by atoms with van der Waals surface area (Å²) in [6, 6.07) is 0. The Morgan fingerprint density at radius 1 is 0.946 bits per heavy atom. The van der Waals surface area contributed by atoms with Crippen molar-refractivity contribution in [1.29, 1.82) is 0 Å². The quantitative estimate of drug-likeness (QED) is 0.334. The number of carbonyl (C=O) groups excluding carboxylic acids is 2. The SMILES string of the molecule is CC[C@@H]1OC(=O)[C@H](C)[C@@H](O[C@@H]2C[C@@H](O)[C@H](O)[C@@H](C)O2)[C@H](C)[C@@H](O)[C@](C)(O)C[C@@H](C)C(=O)[C@H](C)[C@@H](O)[C@H]1C. The molecule has 0 amide bonds. The van der Waals surface area contributed by atoms with E-state index in [0.29, 0.717) is 6.42 Å². The number of aliphatic hydroxyl groups excluding tert-OH is 4. The summed E-state index contributed by atoms with van der Waals surface area (Å²) in [7, 11) is 0. The first-order valence-electron chi connectivity index (χ1n) is 13.5. The van der Waals surface area contributed by atoms with Crippen molar-refractivity contribution in [1.82, 2.24) is 0 Å². The first-order valence-corrected chi connectivity index (χ1v) is 13.5. The lowest BCUT2D eigenvalue weighted by atomic mass is 9.75. The second kappa shape index (κ2) is 12.8. The molecule has 0 aliphatic carbocycles. The molecular formula is C27H48O10. The van der Waals surface area contributed by atoms with Gasteiger partial charge in [-0.05, 0) is 33.6 Å². The molecule has 2 fully saturated rings. The second-order valence-corrected chi connectivity index (χ2v) is 11.6. The van der Waals surface area contributed by atoms with Crippen LogP contribution in [0.25, 0.3) is 0 Å². The maximum Gasteiger partial charge on any atom is 0.311 e. The summed E-state index contributed by atoms with van der Waals surface area (Å²) in [5.74, 6) is -4.55. The smallest absolute Gasteiger partial charge is 0.311 e. The third-order valence-corrected chi connectivity index (χ3v) is 8.46. The largest absolute Gasteiger partial charge is 0.462 e. The Labute approximate surface area is 220 Å². The number of ketones is 1. The zero-order valence-corrected chi connectivity index (χ0v) is 23.4. The summed E-state index contributed by atoms with van der Waals surface area (Å²) in [4.78, 5) is 26.5. The van der Waals surface area contributed by atoms with Crippen molar-refractivity contribution in [3.63, 3.8) is 0 Å². The Balaban J connectivity index is 2.46. The lowest BCUT2D eigenvalue weighted by Crippen LogP contribution is -2.54. The first kappa shape index (κ1) is 32.1. The van der Waals surface area contributed by atoms with E-state index in [9.17, 15) is 35.1 Å². The summed E-state index contributed by atoms with van der Waals surface area (Å²) in [6.45, 7) is 13.1. The molecule has 14 atom stereocenters. The van der Waals surface area contributed by atoms with Crippen molar-refractivity contribution in [3.8, 4) is 0 Å². The van der Waals surface area contributed by atoms with Gasteiger partial charge in [0.2, 0.25) is 0 Å². The molecule has 0 aromatic rings. The number of Topliss-reactive ketones (excluding diaryl/α,β-unsaturated/α-hetero) is 1. The van der Waals surface area contributed by atoms with Gasteiger partial charge in [0.15, 0.2) is 6.29 Å². The molecule has 10 heteroatoms. The number of esters is 1. The Hall–Kier alpha value is -1.14. The minimum absolute atomic E-state index is 0.0484. The van der Waals surface area contributed by atoms with Gasteiger partial charge in [-0.25, -0.2) is 0 Å². The van der Waals surface area contributed by atoms with Crippen molar-refractivity contribution in [2.75, 3.05) is 0 Å². The molecule has 5 N–H and O–H groups in total. The molecule has 0 bridgehead atoms. The van der Waals surface area contributed by atoms with E-state index in [0.717, 1.165) is 0 Å². The Morgan fingerprint density at radius 2 is 1.54 bits per heavy atom. The van der Waals surface area contributed by atoms with Crippen molar-refractivity contribution >= 4 is 11.8 Å². The molecule has 0 radical (unpaired) electrons. The Kier molecular flexibility index (Phi) is 11.1. The van der Waals surface area contributed by atoms with Crippen LogP contribution in [0.5, 0.6) is 0 Å².